The van der Waals surface area contributed by atoms with Crippen molar-refractivity contribution < 1.29 is 0 Å². The average Bonchev–Trinajstić information content (AvgIpc) is 2.62. The Morgan fingerprint density at radius 3 is 2.92 bits per heavy atom. The third-order valence-electron chi connectivity index (χ3n) is 1.53. The van der Waals surface area contributed by atoms with Crippen molar-refractivity contribution in [2.45, 2.75) is 6.54 Å². The van der Waals surface area contributed by atoms with E-state index in [-0.39, 0.29) is 5.95 Å². The molecule has 0 unspecified atom stereocenters. The van der Waals surface area contributed by atoms with Crippen LogP contribution in [-0.2, 0) is 13.6 Å². The number of anilines is 1. The molecule has 2 heterocycles. The molecule has 68 valence electrons. The zero-order chi connectivity index (χ0) is 9.26. The molecule has 0 amide bonds. The van der Waals surface area contributed by atoms with Gasteiger partial charge < -0.3 is 5.73 Å². The Hall–Kier alpha value is -1.92. The Labute approximate surface area is 74.2 Å². The highest BCUT2D eigenvalue weighted by Crippen LogP contribution is 1.96. The van der Waals surface area contributed by atoms with Crippen molar-refractivity contribution in [2.24, 2.45) is 7.05 Å². The normalized spacial score (nSPS) is 10.5. The van der Waals surface area contributed by atoms with E-state index in [1.165, 1.54) is 0 Å². The van der Waals surface area contributed by atoms with Crippen molar-refractivity contribution in [3.63, 3.8) is 0 Å². The topological polar surface area (TPSA) is 87.4 Å². The first-order valence-corrected chi connectivity index (χ1v) is 3.74. The molecule has 0 bridgehead atoms. The zero-order valence-corrected chi connectivity index (χ0v) is 7.12. The summed E-state index contributed by atoms with van der Waals surface area (Å²) in [5, 5.41) is 11.6. The van der Waals surface area contributed by atoms with Crippen molar-refractivity contribution in [3.8, 4) is 0 Å². The van der Waals surface area contributed by atoms with E-state index in [1.807, 2.05) is 13.2 Å². The van der Waals surface area contributed by atoms with Gasteiger partial charge in [0.15, 0.2) is 0 Å². The molecule has 7 nitrogen and oxygen atoms in total. The maximum Gasteiger partial charge on any atom is 0.239 e. The molecule has 0 fully saturated rings. The minimum absolute atomic E-state index is 0.267. The number of aryl methyl sites for hydroxylation is 1. The second kappa shape index (κ2) is 2.85. The van der Waals surface area contributed by atoms with E-state index < -0.39 is 0 Å². The van der Waals surface area contributed by atoms with Crippen molar-refractivity contribution in [1.82, 2.24) is 29.8 Å². The molecule has 7 heteroatoms. The van der Waals surface area contributed by atoms with Gasteiger partial charge in [-0.05, 0) is 0 Å². The molecule has 2 N–H and O–H groups in total. The largest absolute Gasteiger partial charge is 0.367 e. The maximum atomic E-state index is 5.35. The van der Waals surface area contributed by atoms with Crippen molar-refractivity contribution in [3.05, 3.63) is 18.2 Å². The SMILES string of the molecule is Cn1cc(Cn2cnc(N)n2)nn1. The summed E-state index contributed by atoms with van der Waals surface area (Å²) in [6.45, 7) is 0.540. The summed E-state index contributed by atoms with van der Waals surface area (Å²) in [5.74, 6) is 0.267. The minimum Gasteiger partial charge on any atom is -0.367 e. The van der Waals surface area contributed by atoms with Crippen molar-refractivity contribution in [2.75, 3.05) is 5.73 Å². The molecule has 0 spiro atoms. The lowest BCUT2D eigenvalue weighted by atomic mass is 10.5. The smallest absolute Gasteiger partial charge is 0.239 e. The number of nitrogens with two attached hydrogens (primary N) is 1. The summed E-state index contributed by atoms with van der Waals surface area (Å²) < 4.78 is 3.25. The van der Waals surface area contributed by atoms with E-state index in [0.29, 0.717) is 6.54 Å². The van der Waals surface area contributed by atoms with Crippen LogP contribution < -0.4 is 5.73 Å². The molecule has 0 atom stereocenters. The highest BCUT2D eigenvalue weighted by atomic mass is 15.4. The van der Waals surface area contributed by atoms with Crippen LogP contribution >= 0.6 is 0 Å². The molecular formula is C6H9N7. The molecular weight excluding hydrogens is 170 g/mol. The van der Waals surface area contributed by atoms with Gasteiger partial charge in [0.05, 0.1) is 6.54 Å². The maximum absolute atomic E-state index is 5.35. The second-order valence-electron chi connectivity index (χ2n) is 2.68. The predicted molar refractivity (Wildman–Crippen MR) is 44.5 cm³/mol. The Kier molecular flexibility index (Phi) is 1.69. The molecule has 2 aromatic heterocycles. The average molecular weight is 179 g/mol. The third kappa shape index (κ3) is 1.63. The molecule has 0 saturated heterocycles. The molecule has 2 aromatic rings. The van der Waals surface area contributed by atoms with Crippen LogP contribution in [0.1, 0.15) is 5.69 Å². The van der Waals surface area contributed by atoms with E-state index in [0.717, 1.165) is 5.69 Å². The van der Waals surface area contributed by atoms with E-state index in [2.05, 4.69) is 20.4 Å². The monoisotopic (exact) mass is 179 g/mol. The Bertz CT molecular complexity index is 362. The van der Waals surface area contributed by atoms with Crippen LogP contribution in [0.2, 0.25) is 0 Å². The van der Waals surface area contributed by atoms with E-state index in [9.17, 15) is 0 Å². The fraction of sp³-hybridized carbons (Fsp3) is 0.333. The standard InChI is InChI=1S/C6H9N7/c1-12-2-5(9-11-12)3-13-4-8-6(7)10-13/h2,4H,3H2,1H3,(H2,7,10). The van der Waals surface area contributed by atoms with Gasteiger partial charge in [-0.25, -0.2) is 9.67 Å². The summed E-state index contributed by atoms with van der Waals surface area (Å²) >= 11 is 0. The molecule has 0 aliphatic heterocycles. The fourth-order valence-corrected chi connectivity index (χ4v) is 1.02. The number of hydrogen-bond donors (Lipinski definition) is 1. The van der Waals surface area contributed by atoms with Gasteiger partial charge in [0, 0.05) is 13.2 Å². The highest BCUT2D eigenvalue weighted by molar-refractivity contribution is 5.09. The van der Waals surface area contributed by atoms with Gasteiger partial charge in [0.1, 0.15) is 12.0 Å². The summed E-state index contributed by atoms with van der Waals surface area (Å²) in [6, 6.07) is 0. The zero-order valence-electron chi connectivity index (χ0n) is 7.12. The van der Waals surface area contributed by atoms with Gasteiger partial charge >= 0.3 is 0 Å². The molecule has 0 aliphatic carbocycles. The van der Waals surface area contributed by atoms with Crippen molar-refractivity contribution >= 4 is 5.95 Å². The number of aromatic nitrogens is 6. The van der Waals surface area contributed by atoms with E-state index in [1.54, 1.807) is 15.7 Å². The minimum atomic E-state index is 0.267. The lowest BCUT2D eigenvalue weighted by Crippen LogP contribution is -2.01. The highest BCUT2D eigenvalue weighted by Gasteiger charge is 2.00. The number of rotatable bonds is 2. The van der Waals surface area contributed by atoms with Crippen LogP contribution in [0, 0.1) is 0 Å². The molecule has 0 aliphatic rings. The van der Waals surface area contributed by atoms with Gasteiger partial charge in [-0.15, -0.1) is 10.2 Å². The molecule has 0 radical (unpaired) electrons. The number of hydrogen-bond acceptors (Lipinski definition) is 5. The van der Waals surface area contributed by atoms with E-state index in [4.69, 9.17) is 5.73 Å². The Balaban J connectivity index is 2.14. The number of nitrogen functional groups attached to an aromatic ring is 1. The van der Waals surface area contributed by atoms with Gasteiger partial charge in [-0.3, -0.25) is 4.68 Å². The summed E-state index contributed by atoms with van der Waals surface area (Å²) in [4.78, 5) is 3.79. The van der Waals surface area contributed by atoms with Crippen molar-refractivity contribution in [1.29, 1.82) is 0 Å². The van der Waals surface area contributed by atoms with Crippen LogP contribution in [0.5, 0.6) is 0 Å². The summed E-state index contributed by atoms with van der Waals surface area (Å²) in [5.41, 5.74) is 6.18. The third-order valence-corrected chi connectivity index (χ3v) is 1.53. The molecule has 2 rings (SSSR count). The van der Waals surface area contributed by atoms with E-state index >= 15 is 0 Å². The van der Waals surface area contributed by atoms with Crippen LogP contribution in [0.4, 0.5) is 5.95 Å². The lowest BCUT2D eigenvalue weighted by Gasteiger charge is -1.92. The van der Waals surface area contributed by atoms with Gasteiger partial charge in [-0.2, -0.15) is 0 Å². The van der Waals surface area contributed by atoms with Gasteiger partial charge in [0.2, 0.25) is 5.95 Å². The Morgan fingerprint density at radius 1 is 1.54 bits per heavy atom. The first kappa shape index (κ1) is 7.71. The lowest BCUT2D eigenvalue weighted by molar-refractivity contribution is 0.668. The predicted octanol–water partition coefficient (Wildman–Crippen LogP) is -0.963. The quantitative estimate of drug-likeness (QED) is 0.641. The Morgan fingerprint density at radius 2 is 2.38 bits per heavy atom. The summed E-state index contributed by atoms with van der Waals surface area (Å²) in [7, 11) is 1.81. The van der Waals surface area contributed by atoms with Crippen LogP contribution in [0.25, 0.3) is 0 Å². The summed E-state index contributed by atoms with van der Waals surface area (Å²) in [6.07, 6.45) is 3.38. The number of nitrogens with zero attached hydrogens (tertiary/aromatic N) is 6. The van der Waals surface area contributed by atoms with Crippen LogP contribution in [-0.4, -0.2) is 29.8 Å². The first-order chi connectivity index (χ1) is 6.24. The second-order valence-corrected chi connectivity index (χ2v) is 2.68. The van der Waals surface area contributed by atoms with Crippen LogP contribution in [0.3, 0.4) is 0 Å². The molecule has 0 aromatic carbocycles. The van der Waals surface area contributed by atoms with Gasteiger partial charge in [-0.1, -0.05) is 5.21 Å². The van der Waals surface area contributed by atoms with Crippen LogP contribution in [0.15, 0.2) is 12.5 Å². The molecule has 0 saturated carbocycles. The fourth-order valence-electron chi connectivity index (χ4n) is 1.02. The molecule has 13 heavy (non-hydrogen) atoms. The first-order valence-electron chi connectivity index (χ1n) is 3.74. The van der Waals surface area contributed by atoms with Gasteiger partial charge in [0.25, 0.3) is 0 Å².